The van der Waals surface area contributed by atoms with E-state index in [4.69, 9.17) is 12.2 Å². The average molecular weight is 355 g/mol. The second-order valence-corrected chi connectivity index (χ2v) is 6.04. The standard InChI is InChI=1S/C19H21N3O2S/c1-3-13(2)20-17(23)15-9-11-16(12-10-15)21-19(25)22-18(24)14-7-5-4-6-8-14/h4-13H,3H2,1-2H3,(H,20,23)(H2,21,22,24,25). The van der Waals surface area contributed by atoms with Gasteiger partial charge in [0, 0.05) is 22.9 Å². The molecule has 25 heavy (non-hydrogen) atoms. The minimum Gasteiger partial charge on any atom is -0.350 e. The number of thiocarbonyl (C=S) groups is 1. The van der Waals surface area contributed by atoms with Gasteiger partial charge in [-0.25, -0.2) is 0 Å². The maximum atomic E-state index is 12.0. The monoisotopic (exact) mass is 355 g/mol. The summed E-state index contributed by atoms with van der Waals surface area (Å²) in [6.07, 6.45) is 0.876. The van der Waals surface area contributed by atoms with Crippen molar-refractivity contribution in [2.75, 3.05) is 5.32 Å². The van der Waals surface area contributed by atoms with E-state index < -0.39 is 0 Å². The van der Waals surface area contributed by atoms with Crippen molar-refractivity contribution in [3.63, 3.8) is 0 Å². The Morgan fingerprint density at radius 2 is 1.56 bits per heavy atom. The summed E-state index contributed by atoms with van der Waals surface area (Å²) in [6, 6.07) is 15.9. The molecule has 130 valence electrons. The van der Waals surface area contributed by atoms with Gasteiger partial charge in [0.15, 0.2) is 5.11 Å². The van der Waals surface area contributed by atoms with Crippen LogP contribution in [0.2, 0.25) is 0 Å². The SMILES string of the molecule is CCC(C)NC(=O)c1ccc(NC(=S)NC(=O)c2ccccc2)cc1. The lowest BCUT2D eigenvalue weighted by molar-refractivity contribution is 0.0937. The molecule has 1 unspecified atom stereocenters. The van der Waals surface area contributed by atoms with Gasteiger partial charge in [0.1, 0.15) is 0 Å². The first-order valence-corrected chi connectivity index (χ1v) is 8.48. The average Bonchev–Trinajstić information content (AvgIpc) is 2.62. The highest BCUT2D eigenvalue weighted by molar-refractivity contribution is 7.80. The van der Waals surface area contributed by atoms with Gasteiger partial charge in [-0.15, -0.1) is 0 Å². The highest BCUT2D eigenvalue weighted by atomic mass is 32.1. The second kappa shape index (κ2) is 8.94. The Labute approximate surface area is 152 Å². The first-order valence-electron chi connectivity index (χ1n) is 8.08. The first-order chi connectivity index (χ1) is 12.0. The molecular formula is C19H21N3O2S. The summed E-state index contributed by atoms with van der Waals surface area (Å²) in [4.78, 5) is 24.1. The fourth-order valence-corrected chi connectivity index (χ4v) is 2.25. The molecule has 0 bridgehead atoms. The molecule has 3 N–H and O–H groups in total. The van der Waals surface area contributed by atoms with Crippen LogP contribution in [-0.4, -0.2) is 23.0 Å². The highest BCUT2D eigenvalue weighted by Crippen LogP contribution is 2.10. The van der Waals surface area contributed by atoms with Crippen molar-refractivity contribution in [1.29, 1.82) is 0 Å². The number of carbonyl (C=O) groups is 2. The first kappa shape index (κ1) is 18.6. The summed E-state index contributed by atoms with van der Waals surface area (Å²) >= 11 is 5.15. The van der Waals surface area contributed by atoms with Crippen LogP contribution in [-0.2, 0) is 0 Å². The molecule has 2 aromatic carbocycles. The van der Waals surface area contributed by atoms with Crippen LogP contribution < -0.4 is 16.0 Å². The number of nitrogens with one attached hydrogen (secondary N) is 3. The van der Waals surface area contributed by atoms with E-state index in [2.05, 4.69) is 16.0 Å². The smallest absolute Gasteiger partial charge is 0.257 e. The van der Waals surface area contributed by atoms with Crippen LogP contribution in [0.1, 0.15) is 41.0 Å². The second-order valence-electron chi connectivity index (χ2n) is 5.63. The van der Waals surface area contributed by atoms with Crippen LogP contribution in [0.4, 0.5) is 5.69 Å². The van der Waals surface area contributed by atoms with E-state index in [0.29, 0.717) is 16.8 Å². The summed E-state index contributed by atoms with van der Waals surface area (Å²) in [5.41, 5.74) is 1.80. The third-order valence-corrected chi connectivity index (χ3v) is 3.86. The summed E-state index contributed by atoms with van der Waals surface area (Å²) in [5.74, 6) is -0.386. The van der Waals surface area contributed by atoms with Crippen molar-refractivity contribution in [3.05, 3.63) is 65.7 Å². The number of anilines is 1. The lowest BCUT2D eigenvalue weighted by atomic mass is 10.1. The maximum absolute atomic E-state index is 12.0. The molecule has 0 aliphatic rings. The lowest BCUT2D eigenvalue weighted by Gasteiger charge is -2.12. The summed E-state index contributed by atoms with van der Waals surface area (Å²) in [6.45, 7) is 3.98. The van der Waals surface area contributed by atoms with Crippen LogP contribution in [0.25, 0.3) is 0 Å². The van der Waals surface area contributed by atoms with Crippen molar-refractivity contribution < 1.29 is 9.59 Å². The van der Waals surface area contributed by atoms with E-state index in [-0.39, 0.29) is 23.0 Å². The molecule has 2 aromatic rings. The highest BCUT2D eigenvalue weighted by Gasteiger charge is 2.10. The summed E-state index contributed by atoms with van der Waals surface area (Å²) in [7, 11) is 0. The summed E-state index contributed by atoms with van der Waals surface area (Å²) < 4.78 is 0. The molecule has 0 heterocycles. The normalized spacial score (nSPS) is 11.3. The summed E-state index contributed by atoms with van der Waals surface area (Å²) in [5, 5.41) is 8.65. The maximum Gasteiger partial charge on any atom is 0.257 e. The molecule has 0 aliphatic heterocycles. The Kier molecular flexibility index (Phi) is 6.65. The number of hydrogen-bond donors (Lipinski definition) is 3. The quantitative estimate of drug-likeness (QED) is 0.720. The predicted octanol–water partition coefficient (Wildman–Crippen LogP) is 3.34. The van der Waals surface area contributed by atoms with E-state index in [0.717, 1.165) is 6.42 Å². The van der Waals surface area contributed by atoms with Gasteiger partial charge in [0.2, 0.25) is 0 Å². The van der Waals surface area contributed by atoms with Crippen LogP contribution in [0.3, 0.4) is 0 Å². The number of carbonyl (C=O) groups excluding carboxylic acids is 2. The molecule has 0 saturated carbocycles. The van der Waals surface area contributed by atoms with Gasteiger partial charge in [-0.3, -0.25) is 14.9 Å². The molecule has 0 fully saturated rings. The third-order valence-electron chi connectivity index (χ3n) is 3.66. The van der Waals surface area contributed by atoms with E-state index in [1.165, 1.54) is 0 Å². The fraction of sp³-hybridized carbons (Fsp3) is 0.211. The fourth-order valence-electron chi connectivity index (χ4n) is 2.04. The van der Waals surface area contributed by atoms with Gasteiger partial charge in [-0.1, -0.05) is 25.1 Å². The predicted molar refractivity (Wildman–Crippen MR) is 104 cm³/mol. The van der Waals surface area contributed by atoms with E-state index in [9.17, 15) is 9.59 Å². The molecule has 0 aliphatic carbocycles. The number of hydrogen-bond acceptors (Lipinski definition) is 3. The van der Waals surface area contributed by atoms with Crippen molar-refractivity contribution in [3.8, 4) is 0 Å². The Bertz CT molecular complexity index is 745. The van der Waals surface area contributed by atoms with Gasteiger partial charge in [0.05, 0.1) is 0 Å². The minimum absolute atomic E-state index is 0.110. The topological polar surface area (TPSA) is 70.2 Å². The third kappa shape index (κ3) is 5.69. The molecule has 0 spiro atoms. The van der Waals surface area contributed by atoms with Gasteiger partial charge in [-0.2, -0.15) is 0 Å². The minimum atomic E-state index is -0.275. The van der Waals surface area contributed by atoms with Crippen LogP contribution in [0, 0.1) is 0 Å². The van der Waals surface area contributed by atoms with Crippen molar-refractivity contribution >= 4 is 34.8 Å². The van der Waals surface area contributed by atoms with E-state index >= 15 is 0 Å². The molecule has 6 heteroatoms. The zero-order chi connectivity index (χ0) is 18.2. The van der Waals surface area contributed by atoms with Crippen LogP contribution in [0.15, 0.2) is 54.6 Å². The molecule has 5 nitrogen and oxygen atoms in total. The number of amides is 2. The number of benzene rings is 2. The van der Waals surface area contributed by atoms with Crippen molar-refractivity contribution in [1.82, 2.24) is 10.6 Å². The molecule has 0 aromatic heterocycles. The van der Waals surface area contributed by atoms with Crippen LogP contribution >= 0.6 is 12.2 Å². The molecule has 1 atom stereocenters. The molecule has 0 radical (unpaired) electrons. The Hall–Kier alpha value is -2.73. The zero-order valence-corrected chi connectivity index (χ0v) is 15.0. The largest absolute Gasteiger partial charge is 0.350 e. The van der Waals surface area contributed by atoms with Crippen molar-refractivity contribution in [2.24, 2.45) is 0 Å². The molecule has 2 rings (SSSR count). The van der Waals surface area contributed by atoms with Crippen molar-refractivity contribution in [2.45, 2.75) is 26.3 Å². The van der Waals surface area contributed by atoms with Crippen LogP contribution in [0.5, 0.6) is 0 Å². The van der Waals surface area contributed by atoms with Gasteiger partial charge in [-0.05, 0) is 62.0 Å². The van der Waals surface area contributed by atoms with Gasteiger partial charge >= 0.3 is 0 Å². The van der Waals surface area contributed by atoms with Gasteiger partial charge in [0.25, 0.3) is 11.8 Å². The Morgan fingerprint density at radius 3 is 2.16 bits per heavy atom. The lowest BCUT2D eigenvalue weighted by Crippen LogP contribution is -2.34. The molecule has 2 amide bonds. The molecular weight excluding hydrogens is 334 g/mol. The van der Waals surface area contributed by atoms with E-state index in [1.807, 2.05) is 19.9 Å². The molecule has 0 saturated heterocycles. The Morgan fingerprint density at radius 1 is 0.960 bits per heavy atom. The van der Waals surface area contributed by atoms with Gasteiger partial charge < -0.3 is 10.6 Å². The van der Waals surface area contributed by atoms with E-state index in [1.54, 1.807) is 48.5 Å². The Balaban J connectivity index is 1.91. The zero-order valence-electron chi connectivity index (χ0n) is 14.2. The number of rotatable bonds is 5.